The molecule has 0 spiro atoms. The fourth-order valence-electron chi connectivity index (χ4n) is 0.968. The summed E-state index contributed by atoms with van der Waals surface area (Å²) < 4.78 is 9.91. The predicted octanol–water partition coefficient (Wildman–Crippen LogP) is 2.06. The van der Waals surface area contributed by atoms with E-state index >= 15 is 0 Å². The zero-order chi connectivity index (χ0) is 10.4. The molecule has 0 heterocycles. The van der Waals surface area contributed by atoms with Crippen LogP contribution < -0.4 is 4.74 Å². The SMILES string of the molecule is CCCOC(=O)c1cc[c]c(OC)c1. The molecule has 0 N–H and O–H groups in total. The number of hydrogen-bond acceptors (Lipinski definition) is 3. The van der Waals surface area contributed by atoms with E-state index in [0.29, 0.717) is 17.9 Å². The highest BCUT2D eigenvalue weighted by Gasteiger charge is 2.06. The lowest BCUT2D eigenvalue weighted by atomic mass is 10.2. The summed E-state index contributed by atoms with van der Waals surface area (Å²) in [4.78, 5) is 11.4. The van der Waals surface area contributed by atoms with E-state index in [1.165, 1.54) is 7.11 Å². The van der Waals surface area contributed by atoms with E-state index in [9.17, 15) is 4.79 Å². The maximum Gasteiger partial charge on any atom is 0.338 e. The lowest BCUT2D eigenvalue weighted by molar-refractivity contribution is 0.0504. The molecule has 0 aliphatic heterocycles. The maximum atomic E-state index is 11.4. The average Bonchev–Trinajstić information content (AvgIpc) is 2.26. The van der Waals surface area contributed by atoms with Crippen LogP contribution in [0.4, 0.5) is 0 Å². The van der Waals surface area contributed by atoms with Crippen molar-refractivity contribution in [3.8, 4) is 5.75 Å². The van der Waals surface area contributed by atoms with Crippen molar-refractivity contribution in [1.29, 1.82) is 0 Å². The quantitative estimate of drug-likeness (QED) is 0.686. The van der Waals surface area contributed by atoms with Gasteiger partial charge in [-0.15, -0.1) is 0 Å². The molecule has 0 saturated carbocycles. The Morgan fingerprint density at radius 1 is 1.57 bits per heavy atom. The molecule has 0 atom stereocenters. The summed E-state index contributed by atoms with van der Waals surface area (Å²) in [6.45, 7) is 2.40. The smallest absolute Gasteiger partial charge is 0.338 e. The molecule has 1 aromatic rings. The third-order valence-electron chi connectivity index (χ3n) is 1.67. The Balaban J connectivity index is 2.69. The van der Waals surface area contributed by atoms with Crippen LogP contribution in [0.5, 0.6) is 5.75 Å². The Bertz CT molecular complexity index is 307. The van der Waals surface area contributed by atoms with Crippen molar-refractivity contribution in [2.75, 3.05) is 13.7 Å². The van der Waals surface area contributed by atoms with Crippen LogP contribution in [0.25, 0.3) is 0 Å². The van der Waals surface area contributed by atoms with Crippen LogP contribution >= 0.6 is 0 Å². The summed E-state index contributed by atoms with van der Waals surface area (Å²) in [5.41, 5.74) is 0.494. The molecule has 0 aliphatic rings. The minimum atomic E-state index is -0.320. The van der Waals surface area contributed by atoms with Crippen molar-refractivity contribution in [1.82, 2.24) is 0 Å². The molecule has 0 unspecified atom stereocenters. The summed E-state index contributed by atoms with van der Waals surface area (Å²) in [6.07, 6.45) is 0.821. The second-order valence-corrected chi connectivity index (χ2v) is 2.78. The molecule has 75 valence electrons. The van der Waals surface area contributed by atoms with Crippen LogP contribution in [-0.2, 0) is 4.74 Å². The molecular formula is C11H13O3. The van der Waals surface area contributed by atoms with Crippen molar-refractivity contribution < 1.29 is 14.3 Å². The van der Waals surface area contributed by atoms with E-state index in [1.54, 1.807) is 18.2 Å². The zero-order valence-corrected chi connectivity index (χ0v) is 8.37. The Morgan fingerprint density at radius 2 is 2.36 bits per heavy atom. The van der Waals surface area contributed by atoms with Crippen LogP contribution in [0.1, 0.15) is 23.7 Å². The predicted molar refractivity (Wildman–Crippen MR) is 52.4 cm³/mol. The molecule has 0 amide bonds. The Morgan fingerprint density at radius 3 is 3.00 bits per heavy atom. The summed E-state index contributed by atoms with van der Waals surface area (Å²) in [5, 5.41) is 0. The van der Waals surface area contributed by atoms with Gasteiger partial charge < -0.3 is 9.47 Å². The van der Waals surface area contributed by atoms with Crippen molar-refractivity contribution in [3.05, 3.63) is 29.8 Å². The lowest BCUT2D eigenvalue weighted by Crippen LogP contribution is -2.05. The van der Waals surface area contributed by atoms with E-state index in [4.69, 9.17) is 9.47 Å². The van der Waals surface area contributed by atoms with Gasteiger partial charge in [-0.1, -0.05) is 6.92 Å². The lowest BCUT2D eigenvalue weighted by Gasteiger charge is -2.04. The van der Waals surface area contributed by atoms with Crippen molar-refractivity contribution in [3.63, 3.8) is 0 Å². The van der Waals surface area contributed by atoms with Gasteiger partial charge in [-0.05, 0) is 24.6 Å². The average molecular weight is 193 g/mol. The monoisotopic (exact) mass is 193 g/mol. The zero-order valence-electron chi connectivity index (χ0n) is 8.37. The van der Waals surface area contributed by atoms with Gasteiger partial charge in [0.2, 0.25) is 0 Å². The molecule has 1 rings (SSSR count). The van der Waals surface area contributed by atoms with Gasteiger partial charge in [0, 0.05) is 6.07 Å². The van der Waals surface area contributed by atoms with Gasteiger partial charge in [-0.2, -0.15) is 0 Å². The minimum Gasteiger partial charge on any atom is -0.496 e. The first kappa shape index (κ1) is 10.6. The molecule has 3 heteroatoms. The van der Waals surface area contributed by atoms with Gasteiger partial charge in [0.1, 0.15) is 5.75 Å². The first-order valence-corrected chi connectivity index (χ1v) is 4.50. The topological polar surface area (TPSA) is 35.5 Å². The van der Waals surface area contributed by atoms with Crippen LogP contribution in [-0.4, -0.2) is 19.7 Å². The van der Waals surface area contributed by atoms with Crippen molar-refractivity contribution in [2.45, 2.75) is 13.3 Å². The number of rotatable bonds is 4. The second-order valence-electron chi connectivity index (χ2n) is 2.78. The molecule has 0 aliphatic carbocycles. The molecule has 0 bridgehead atoms. The first-order chi connectivity index (χ1) is 6.77. The number of hydrogen-bond donors (Lipinski definition) is 0. The molecule has 1 radical (unpaired) electrons. The Hall–Kier alpha value is -1.51. The third kappa shape index (κ3) is 2.76. The number of ether oxygens (including phenoxy) is 2. The number of methoxy groups -OCH3 is 1. The van der Waals surface area contributed by atoms with Crippen LogP contribution in [0.3, 0.4) is 0 Å². The number of carbonyl (C=O) groups excluding carboxylic acids is 1. The third-order valence-corrected chi connectivity index (χ3v) is 1.67. The molecular weight excluding hydrogens is 180 g/mol. The fraction of sp³-hybridized carbons (Fsp3) is 0.364. The van der Waals surface area contributed by atoms with Gasteiger partial charge in [0.15, 0.2) is 0 Å². The number of carbonyl (C=O) groups is 1. The van der Waals surface area contributed by atoms with Crippen LogP contribution in [0.15, 0.2) is 18.2 Å². The van der Waals surface area contributed by atoms with Crippen molar-refractivity contribution in [2.24, 2.45) is 0 Å². The highest BCUT2D eigenvalue weighted by molar-refractivity contribution is 5.89. The van der Waals surface area contributed by atoms with Crippen LogP contribution in [0, 0.1) is 6.07 Å². The standard InChI is InChI=1S/C11H13O3/c1-3-7-14-11(12)9-5-4-6-10(8-9)13-2/h4-5,8H,3,7H2,1-2H3. The van der Waals surface area contributed by atoms with Crippen LogP contribution in [0.2, 0.25) is 0 Å². The molecule has 14 heavy (non-hydrogen) atoms. The van der Waals surface area contributed by atoms with E-state index in [2.05, 4.69) is 6.07 Å². The molecule has 0 saturated heterocycles. The van der Waals surface area contributed by atoms with Gasteiger partial charge in [-0.25, -0.2) is 4.79 Å². The minimum absolute atomic E-state index is 0.320. The normalized spacial score (nSPS) is 9.57. The number of esters is 1. The second kappa shape index (κ2) is 5.27. The fourth-order valence-corrected chi connectivity index (χ4v) is 0.968. The van der Waals surface area contributed by atoms with Gasteiger partial charge >= 0.3 is 5.97 Å². The van der Waals surface area contributed by atoms with E-state index in [1.807, 2.05) is 6.92 Å². The van der Waals surface area contributed by atoms with E-state index < -0.39 is 0 Å². The van der Waals surface area contributed by atoms with E-state index in [0.717, 1.165) is 6.42 Å². The summed E-state index contributed by atoms with van der Waals surface area (Å²) >= 11 is 0. The summed E-state index contributed by atoms with van der Waals surface area (Å²) in [7, 11) is 1.53. The Kier molecular flexibility index (Phi) is 3.98. The highest BCUT2D eigenvalue weighted by atomic mass is 16.5. The number of benzene rings is 1. The van der Waals surface area contributed by atoms with Gasteiger partial charge in [0.05, 0.1) is 19.3 Å². The maximum absolute atomic E-state index is 11.4. The molecule has 0 fully saturated rings. The largest absolute Gasteiger partial charge is 0.496 e. The molecule has 0 aromatic heterocycles. The van der Waals surface area contributed by atoms with Gasteiger partial charge in [0.25, 0.3) is 0 Å². The summed E-state index contributed by atoms with van der Waals surface area (Å²) in [6, 6.07) is 7.74. The molecule has 1 aromatic carbocycles. The molecule has 3 nitrogen and oxygen atoms in total. The highest BCUT2D eigenvalue weighted by Crippen LogP contribution is 2.12. The van der Waals surface area contributed by atoms with Gasteiger partial charge in [-0.3, -0.25) is 0 Å². The Labute approximate surface area is 83.6 Å². The van der Waals surface area contributed by atoms with E-state index in [-0.39, 0.29) is 5.97 Å². The van der Waals surface area contributed by atoms with Crippen molar-refractivity contribution >= 4 is 5.97 Å². The summed E-state index contributed by atoms with van der Waals surface area (Å²) in [5.74, 6) is 0.218. The first-order valence-electron chi connectivity index (χ1n) is 4.50.